The molecule has 1 aliphatic carbocycles. The number of carbonyl (C=O) groups excluding carboxylic acids is 4. The Balaban J connectivity index is 1.27. The first kappa shape index (κ1) is 28.9. The lowest BCUT2D eigenvalue weighted by Crippen LogP contribution is -2.43. The van der Waals surface area contributed by atoms with E-state index in [1.54, 1.807) is 12.1 Å². The van der Waals surface area contributed by atoms with Crippen molar-refractivity contribution < 1.29 is 23.6 Å². The van der Waals surface area contributed by atoms with Gasteiger partial charge in [-0.05, 0) is 62.0 Å². The second kappa shape index (κ2) is 12.5. The zero-order valence-corrected chi connectivity index (χ0v) is 23.7. The molecular formula is C30H33ClFN5O4. The Bertz CT molecular complexity index is 1500. The quantitative estimate of drug-likeness (QED) is 0.317. The molecule has 2 aromatic carbocycles. The summed E-state index contributed by atoms with van der Waals surface area (Å²) in [5.41, 5.74) is 1.90. The molecule has 2 amide bonds. The maximum Gasteiger partial charge on any atom is 0.245 e. The maximum atomic E-state index is 14.2. The summed E-state index contributed by atoms with van der Waals surface area (Å²) >= 11 is 5.82. The highest BCUT2D eigenvalue weighted by molar-refractivity contribution is 6.30. The molecular weight excluding hydrogens is 549 g/mol. The van der Waals surface area contributed by atoms with E-state index in [0.717, 1.165) is 37.9 Å². The molecule has 2 aliphatic rings. The van der Waals surface area contributed by atoms with E-state index in [4.69, 9.17) is 11.6 Å². The number of nitrogens with zero attached hydrogens (tertiary/aromatic N) is 3. The SMILES string of the molecule is CC(=O)c1nn(CC(=O)N(CC(=O)NCc2cccc(Cl)c2F)C2CC2)c2ccc(CC(=O)CC3CCNC3)cc12. The van der Waals surface area contributed by atoms with Crippen LogP contribution >= 0.6 is 11.6 Å². The topological polar surface area (TPSA) is 113 Å². The summed E-state index contributed by atoms with van der Waals surface area (Å²) in [5, 5.41) is 10.9. The summed E-state index contributed by atoms with van der Waals surface area (Å²) < 4.78 is 15.7. The molecule has 1 aliphatic heterocycles. The lowest BCUT2D eigenvalue weighted by Gasteiger charge is -2.22. The second-order valence-corrected chi connectivity index (χ2v) is 11.3. The van der Waals surface area contributed by atoms with Crippen molar-refractivity contribution >= 4 is 45.9 Å². The number of nitrogens with one attached hydrogen (secondary N) is 2. The van der Waals surface area contributed by atoms with E-state index in [-0.39, 0.29) is 65.9 Å². The molecule has 216 valence electrons. The number of Topliss-reactive ketones (excluding diaryl/α,β-unsaturated/α-hetero) is 2. The van der Waals surface area contributed by atoms with Gasteiger partial charge in [0, 0.05) is 43.3 Å². The van der Waals surface area contributed by atoms with Gasteiger partial charge in [0.1, 0.15) is 23.8 Å². The number of amides is 2. The van der Waals surface area contributed by atoms with Crippen molar-refractivity contribution in [2.75, 3.05) is 19.6 Å². The molecule has 1 saturated carbocycles. The molecule has 0 radical (unpaired) electrons. The molecule has 41 heavy (non-hydrogen) atoms. The van der Waals surface area contributed by atoms with Gasteiger partial charge in [-0.25, -0.2) is 4.39 Å². The number of fused-ring (bicyclic) bond motifs is 1. The third kappa shape index (κ3) is 7.00. The van der Waals surface area contributed by atoms with Gasteiger partial charge in [0.15, 0.2) is 5.78 Å². The van der Waals surface area contributed by atoms with Crippen molar-refractivity contribution in [1.29, 1.82) is 0 Å². The van der Waals surface area contributed by atoms with Crippen LogP contribution in [0.15, 0.2) is 36.4 Å². The summed E-state index contributed by atoms with van der Waals surface area (Å²) in [6.07, 6.45) is 3.37. The number of rotatable bonds is 12. The summed E-state index contributed by atoms with van der Waals surface area (Å²) in [7, 11) is 0. The molecule has 1 unspecified atom stereocenters. The van der Waals surface area contributed by atoms with Gasteiger partial charge in [-0.3, -0.25) is 23.9 Å². The first-order chi connectivity index (χ1) is 19.7. The minimum absolute atomic E-state index is 0.0248. The zero-order chi connectivity index (χ0) is 29.1. The van der Waals surface area contributed by atoms with E-state index < -0.39 is 11.7 Å². The van der Waals surface area contributed by atoms with Gasteiger partial charge in [0.25, 0.3) is 0 Å². The molecule has 2 heterocycles. The highest BCUT2D eigenvalue weighted by atomic mass is 35.5. The largest absolute Gasteiger partial charge is 0.350 e. The normalized spacial score (nSPS) is 16.6. The molecule has 9 nitrogen and oxygen atoms in total. The van der Waals surface area contributed by atoms with Crippen molar-refractivity contribution in [2.45, 2.75) is 58.2 Å². The molecule has 1 aromatic heterocycles. The van der Waals surface area contributed by atoms with Crippen molar-refractivity contribution in [1.82, 2.24) is 25.3 Å². The fraction of sp³-hybridized carbons (Fsp3) is 0.433. The van der Waals surface area contributed by atoms with Gasteiger partial charge in [0.2, 0.25) is 11.8 Å². The molecule has 2 fully saturated rings. The van der Waals surface area contributed by atoms with E-state index in [2.05, 4.69) is 15.7 Å². The predicted octanol–water partition coefficient (Wildman–Crippen LogP) is 3.45. The summed E-state index contributed by atoms with van der Waals surface area (Å²) in [6.45, 7) is 2.85. The standard InChI is InChI=1S/C30H33ClFN5O4/c1-18(38)30-24-13-19(11-23(39)12-20-9-10-33-14-20)5-8-26(24)37(35-30)17-28(41)36(22-6-7-22)16-27(40)34-15-21-3-2-4-25(31)29(21)32/h2-5,8,13,20,22,33H,6-7,9-12,14-17H2,1H3,(H,34,40). The molecule has 11 heteroatoms. The molecule has 5 rings (SSSR count). The highest BCUT2D eigenvalue weighted by Gasteiger charge is 2.34. The van der Waals surface area contributed by atoms with Crippen LogP contribution in [0.25, 0.3) is 10.9 Å². The number of hydrogen-bond donors (Lipinski definition) is 2. The molecule has 1 saturated heterocycles. The number of hydrogen-bond acceptors (Lipinski definition) is 6. The summed E-state index contributed by atoms with van der Waals surface area (Å²) in [6, 6.07) is 9.95. The van der Waals surface area contributed by atoms with E-state index in [0.29, 0.717) is 23.2 Å². The van der Waals surface area contributed by atoms with Crippen LogP contribution in [0, 0.1) is 11.7 Å². The molecule has 0 bridgehead atoms. The van der Waals surface area contributed by atoms with E-state index in [1.807, 2.05) is 12.1 Å². The van der Waals surface area contributed by atoms with Crippen LogP contribution in [-0.2, 0) is 33.9 Å². The Labute approximate surface area is 242 Å². The van der Waals surface area contributed by atoms with Gasteiger partial charge < -0.3 is 15.5 Å². The van der Waals surface area contributed by atoms with E-state index in [9.17, 15) is 23.6 Å². The van der Waals surface area contributed by atoms with Gasteiger partial charge in [0.05, 0.1) is 17.1 Å². The Morgan fingerprint density at radius 3 is 2.68 bits per heavy atom. The number of benzene rings is 2. The average Bonchev–Trinajstić information content (AvgIpc) is 3.53. The minimum Gasteiger partial charge on any atom is -0.350 e. The molecule has 1 atom stereocenters. The maximum absolute atomic E-state index is 14.2. The number of carbonyl (C=O) groups is 4. The summed E-state index contributed by atoms with van der Waals surface area (Å²) in [5.74, 6) is -1.03. The monoisotopic (exact) mass is 581 g/mol. The smallest absolute Gasteiger partial charge is 0.245 e. The van der Waals surface area contributed by atoms with Crippen LogP contribution < -0.4 is 10.6 Å². The first-order valence-corrected chi connectivity index (χ1v) is 14.3. The fourth-order valence-corrected chi connectivity index (χ4v) is 5.54. The summed E-state index contributed by atoms with van der Waals surface area (Å²) in [4.78, 5) is 52.6. The average molecular weight is 582 g/mol. The van der Waals surface area contributed by atoms with Crippen molar-refractivity contribution in [2.24, 2.45) is 5.92 Å². The van der Waals surface area contributed by atoms with Crippen molar-refractivity contribution in [3.8, 4) is 0 Å². The lowest BCUT2D eigenvalue weighted by atomic mass is 9.97. The third-order valence-electron chi connectivity index (χ3n) is 7.64. The van der Waals surface area contributed by atoms with Crippen LogP contribution in [0.2, 0.25) is 5.02 Å². The Morgan fingerprint density at radius 2 is 1.98 bits per heavy atom. The van der Waals surface area contributed by atoms with E-state index in [1.165, 1.54) is 28.6 Å². The third-order valence-corrected chi connectivity index (χ3v) is 7.93. The van der Waals surface area contributed by atoms with Crippen LogP contribution in [-0.4, -0.2) is 63.7 Å². The highest BCUT2D eigenvalue weighted by Crippen LogP contribution is 2.28. The zero-order valence-electron chi connectivity index (χ0n) is 22.9. The first-order valence-electron chi connectivity index (χ1n) is 13.9. The number of ketones is 2. The van der Waals surface area contributed by atoms with Crippen molar-refractivity contribution in [3.63, 3.8) is 0 Å². The fourth-order valence-electron chi connectivity index (χ4n) is 5.34. The molecule has 3 aromatic rings. The molecule has 2 N–H and O–H groups in total. The minimum atomic E-state index is -0.588. The van der Waals surface area contributed by atoms with Gasteiger partial charge in [-0.1, -0.05) is 29.8 Å². The van der Waals surface area contributed by atoms with Crippen molar-refractivity contribution in [3.05, 3.63) is 64.1 Å². The van der Waals surface area contributed by atoms with Crippen LogP contribution in [0.1, 0.15) is 54.2 Å². The second-order valence-electron chi connectivity index (χ2n) is 10.9. The number of halogens is 2. The Morgan fingerprint density at radius 1 is 1.17 bits per heavy atom. The van der Waals surface area contributed by atoms with Crippen LogP contribution in [0.5, 0.6) is 0 Å². The van der Waals surface area contributed by atoms with Gasteiger partial charge >= 0.3 is 0 Å². The Hall–Kier alpha value is -3.63. The molecule has 0 spiro atoms. The lowest BCUT2D eigenvalue weighted by molar-refractivity contribution is -0.137. The van der Waals surface area contributed by atoms with Crippen LogP contribution in [0.4, 0.5) is 4.39 Å². The van der Waals surface area contributed by atoms with E-state index >= 15 is 0 Å². The van der Waals surface area contributed by atoms with Crippen LogP contribution in [0.3, 0.4) is 0 Å². The predicted molar refractivity (Wildman–Crippen MR) is 152 cm³/mol. The Kier molecular flexibility index (Phi) is 8.79. The number of aromatic nitrogens is 2. The van der Waals surface area contributed by atoms with Gasteiger partial charge in [-0.15, -0.1) is 0 Å². The van der Waals surface area contributed by atoms with Gasteiger partial charge in [-0.2, -0.15) is 5.10 Å².